The summed E-state index contributed by atoms with van der Waals surface area (Å²) < 4.78 is 23.9. The second-order valence-corrected chi connectivity index (χ2v) is 12.4. The second-order valence-electron chi connectivity index (χ2n) is 12.4. The molecule has 242 valence electrons. The van der Waals surface area contributed by atoms with Crippen molar-refractivity contribution in [3.63, 3.8) is 0 Å². The summed E-state index contributed by atoms with van der Waals surface area (Å²) in [6.45, 7) is 16.7. The van der Waals surface area contributed by atoms with Crippen molar-refractivity contribution in [2.75, 3.05) is 13.2 Å². The summed E-state index contributed by atoms with van der Waals surface area (Å²) in [6, 6.07) is 18.6. The van der Waals surface area contributed by atoms with Gasteiger partial charge >= 0.3 is 24.1 Å². The van der Waals surface area contributed by atoms with Crippen LogP contribution in [0.1, 0.15) is 79.6 Å². The highest BCUT2D eigenvalue weighted by atomic mass is 16.6. The number of nitrogens with zero attached hydrogens (tertiary/aromatic N) is 2. The fourth-order valence-corrected chi connectivity index (χ4v) is 4.62. The fraction of sp³-hybridized carbons (Fsp3) is 0.429. The van der Waals surface area contributed by atoms with Gasteiger partial charge < -0.3 is 18.9 Å². The van der Waals surface area contributed by atoms with E-state index in [4.69, 9.17) is 18.9 Å². The van der Waals surface area contributed by atoms with Crippen LogP contribution in [0.4, 0.5) is 9.59 Å². The van der Waals surface area contributed by atoms with Gasteiger partial charge in [-0.1, -0.05) is 36.4 Å². The van der Waals surface area contributed by atoms with Crippen molar-refractivity contribution >= 4 is 45.9 Å². The number of carbonyl (C=O) groups excluding carboxylic acids is 4. The lowest BCUT2D eigenvalue weighted by atomic mass is 10.1. The van der Waals surface area contributed by atoms with Crippen LogP contribution >= 0.6 is 0 Å². The number of carbonyl (C=O) groups is 4. The molecule has 2 aromatic carbocycles. The van der Waals surface area contributed by atoms with Gasteiger partial charge in [0.1, 0.15) is 11.2 Å². The first kappa shape index (κ1) is 34.9. The molecule has 1 atom stereocenters. The molecule has 0 fully saturated rings. The molecule has 4 rings (SSSR count). The predicted molar refractivity (Wildman–Crippen MR) is 173 cm³/mol. The Bertz CT molecular complexity index is 1670. The normalized spacial score (nSPS) is 12.2. The first-order valence-corrected chi connectivity index (χ1v) is 15.0. The number of para-hydroxylation sites is 2. The molecule has 0 aliphatic carbocycles. The molecule has 0 saturated heterocycles. The molecule has 0 radical (unpaired) electrons. The molecule has 4 aromatic rings. The monoisotopic (exact) mass is 620 g/mol. The van der Waals surface area contributed by atoms with E-state index < -0.39 is 29.3 Å². The van der Waals surface area contributed by atoms with Gasteiger partial charge in [-0.25, -0.2) is 18.7 Å². The minimum absolute atomic E-state index is 0.0295. The number of rotatable bonds is 6. The summed E-state index contributed by atoms with van der Waals surface area (Å²) in [6.07, 6.45) is -0.959. The number of fused-ring (bicyclic) bond motifs is 2. The lowest BCUT2D eigenvalue weighted by Crippen LogP contribution is -2.29. The van der Waals surface area contributed by atoms with Gasteiger partial charge in [-0.05, 0) is 86.6 Å². The maximum absolute atomic E-state index is 12.6. The van der Waals surface area contributed by atoms with E-state index in [1.54, 1.807) is 20.8 Å². The molecule has 0 spiro atoms. The van der Waals surface area contributed by atoms with E-state index in [0.29, 0.717) is 30.1 Å². The fourth-order valence-electron chi connectivity index (χ4n) is 4.62. The average Bonchev–Trinajstić information content (AvgIpc) is 3.49. The van der Waals surface area contributed by atoms with Crippen LogP contribution in [0.5, 0.6) is 0 Å². The molecule has 0 saturated carbocycles. The molecular weight excluding hydrogens is 576 g/mol. The standard InChI is InChI=1S/C18H23NO4.C17H21NO4/c1-6-22-16(20)12(2)15-11-13-9-7-8-10-14(13)19(15)17(21)23-18(3,4)5;1-5-21-15(19)11-13-10-12-8-6-7-9-14(12)18(13)16(20)22-17(2,3)4/h7-12H,6H2,1-5H3;6-10H,5,11H2,1-4H3. The van der Waals surface area contributed by atoms with Crippen LogP contribution in [-0.4, -0.2) is 57.7 Å². The van der Waals surface area contributed by atoms with Gasteiger partial charge in [0.15, 0.2) is 0 Å². The van der Waals surface area contributed by atoms with Gasteiger partial charge in [0, 0.05) is 22.2 Å². The van der Waals surface area contributed by atoms with Crippen molar-refractivity contribution in [1.29, 1.82) is 0 Å². The zero-order valence-electron chi connectivity index (χ0n) is 27.6. The summed E-state index contributed by atoms with van der Waals surface area (Å²) in [7, 11) is 0. The van der Waals surface area contributed by atoms with Gasteiger partial charge in [-0.2, -0.15) is 0 Å². The van der Waals surface area contributed by atoms with Crippen LogP contribution in [0.25, 0.3) is 21.8 Å². The van der Waals surface area contributed by atoms with Crippen LogP contribution in [-0.2, 0) is 35.0 Å². The van der Waals surface area contributed by atoms with Crippen molar-refractivity contribution in [1.82, 2.24) is 9.13 Å². The minimum atomic E-state index is -0.618. The third-order valence-corrected chi connectivity index (χ3v) is 6.39. The molecule has 10 heteroatoms. The third-order valence-electron chi connectivity index (χ3n) is 6.39. The molecule has 2 heterocycles. The maximum Gasteiger partial charge on any atom is 0.419 e. The quantitative estimate of drug-likeness (QED) is 0.160. The molecule has 0 aliphatic rings. The number of esters is 2. The van der Waals surface area contributed by atoms with E-state index in [2.05, 4.69) is 0 Å². The zero-order chi connectivity index (χ0) is 33.5. The van der Waals surface area contributed by atoms with E-state index >= 15 is 0 Å². The molecule has 0 amide bonds. The van der Waals surface area contributed by atoms with Crippen LogP contribution < -0.4 is 0 Å². The molecule has 1 unspecified atom stereocenters. The van der Waals surface area contributed by atoms with Crippen LogP contribution in [0.15, 0.2) is 60.7 Å². The highest BCUT2D eigenvalue weighted by Crippen LogP contribution is 2.28. The minimum Gasteiger partial charge on any atom is -0.466 e. The van der Waals surface area contributed by atoms with Crippen molar-refractivity contribution in [3.8, 4) is 0 Å². The van der Waals surface area contributed by atoms with Crippen molar-refractivity contribution < 1.29 is 38.1 Å². The first-order chi connectivity index (χ1) is 21.1. The Morgan fingerprint density at radius 1 is 0.689 bits per heavy atom. The topological polar surface area (TPSA) is 115 Å². The average molecular weight is 621 g/mol. The number of aromatic nitrogens is 2. The summed E-state index contributed by atoms with van der Waals surface area (Å²) in [5, 5.41) is 1.76. The van der Waals surface area contributed by atoms with E-state index in [9.17, 15) is 19.2 Å². The molecule has 0 N–H and O–H groups in total. The number of benzene rings is 2. The Labute approximate surface area is 264 Å². The van der Waals surface area contributed by atoms with E-state index in [0.717, 1.165) is 16.3 Å². The molecule has 10 nitrogen and oxygen atoms in total. The maximum atomic E-state index is 12.6. The Morgan fingerprint density at radius 3 is 1.67 bits per heavy atom. The van der Waals surface area contributed by atoms with Crippen molar-refractivity contribution in [3.05, 3.63) is 72.1 Å². The van der Waals surface area contributed by atoms with Crippen LogP contribution in [0, 0.1) is 0 Å². The number of hydrogen-bond donors (Lipinski definition) is 0. The van der Waals surface area contributed by atoms with Gasteiger partial charge in [-0.3, -0.25) is 9.59 Å². The predicted octanol–water partition coefficient (Wildman–Crippen LogP) is 7.62. The molecule has 0 aliphatic heterocycles. The third kappa shape index (κ3) is 9.20. The smallest absolute Gasteiger partial charge is 0.419 e. The highest BCUT2D eigenvalue weighted by molar-refractivity contribution is 5.94. The van der Waals surface area contributed by atoms with Crippen molar-refractivity contribution in [2.24, 2.45) is 0 Å². The lowest BCUT2D eigenvalue weighted by molar-refractivity contribution is -0.144. The van der Waals surface area contributed by atoms with Gasteiger partial charge in [0.05, 0.1) is 36.6 Å². The summed E-state index contributed by atoms with van der Waals surface area (Å²) in [5.74, 6) is -1.29. The van der Waals surface area contributed by atoms with Crippen LogP contribution in [0.2, 0.25) is 0 Å². The Hall–Kier alpha value is -4.60. The van der Waals surface area contributed by atoms with Gasteiger partial charge in [0.25, 0.3) is 0 Å². The summed E-state index contributed by atoms with van der Waals surface area (Å²) >= 11 is 0. The number of ether oxygens (including phenoxy) is 4. The SMILES string of the molecule is CCOC(=O)C(C)c1cc2ccccc2n1C(=O)OC(C)(C)C.CCOC(=O)Cc1cc2ccccc2n1C(=O)OC(C)(C)C. The Balaban J connectivity index is 0.000000246. The van der Waals surface area contributed by atoms with Crippen LogP contribution in [0.3, 0.4) is 0 Å². The zero-order valence-corrected chi connectivity index (χ0v) is 27.6. The highest BCUT2D eigenvalue weighted by Gasteiger charge is 2.28. The Kier molecular flexibility index (Phi) is 11.2. The molecule has 0 bridgehead atoms. The van der Waals surface area contributed by atoms with E-state index in [-0.39, 0.29) is 18.4 Å². The second kappa shape index (κ2) is 14.5. The number of hydrogen-bond acceptors (Lipinski definition) is 8. The Morgan fingerprint density at radius 2 is 1.16 bits per heavy atom. The van der Waals surface area contributed by atoms with Gasteiger partial charge in [0.2, 0.25) is 0 Å². The molecule has 2 aromatic heterocycles. The van der Waals surface area contributed by atoms with E-state index in [1.807, 2.05) is 102 Å². The van der Waals surface area contributed by atoms with Crippen molar-refractivity contribution in [2.45, 2.75) is 85.9 Å². The molecule has 45 heavy (non-hydrogen) atoms. The summed E-state index contributed by atoms with van der Waals surface area (Å²) in [5.41, 5.74) is 1.34. The lowest BCUT2D eigenvalue weighted by Gasteiger charge is -2.22. The van der Waals surface area contributed by atoms with Gasteiger partial charge in [-0.15, -0.1) is 0 Å². The largest absolute Gasteiger partial charge is 0.466 e. The summed E-state index contributed by atoms with van der Waals surface area (Å²) in [4.78, 5) is 49.0. The van der Waals surface area contributed by atoms with E-state index in [1.165, 1.54) is 9.13 Å². The first-order valence-electron chi connectivity index (χ1n) is 15.0. The molecular formula is C35H44N2O8.